The fourth-order valence-corrected chi connectivity index (χ4v) is 6.55. The summed E-state index contributed by atoms with van der Waals surface area (Å²) in [6, 6.07) is 42.7. The molecule has 0 N–H and O–H groups in total. The molecule has 6 nitrogen and oxygen atoms in total. The zero-order valence-corrected chi connectivity index (χ0v) is 25.6. The van der Waals surface area contributed by atoms with Crippen molar-refractivity contribution in [1.29, 1.82) is 0 Å². The van der Waals surface area contributed by atoms with Gasteiger partial charge in [0, 0.05) is 23.5 Å². The highest BCUT2D eigenvalue weighted by Crippen LogP contribution is 2.45. The molecular formula is C42H26N4O2. The van der Waals surface area contributed by atoms with E-state index in [2.05, 4.69) is 113 Å². The Bertz CT molecular complexity index is 2520. The molecule has 4 aromatic heterocycles. The lowest BCUT2D eigenvalue weighted by Crippen LogP contribution is -1.93. The molecule has 0 bridgehead atoms. The quantitative estimate of drug-likeness (QED) is 0.173. The second-order valence-corrected chi connectivity index (χ2v) is 11.6. The molecule has 0 atom stereocenters. The van der Waals surface area contributed by atoms with Crippen LogP contribution in [0.1, 0.15) is 0 Å². The van der Waals surface area contributed by atoms with Crippen LogP contribution >= 0.6 is 0 Å². The summed E-state index contributed by atoms with van der Waals surface area (Å²) in [4.78, 5) is 17.7. The Kier molecular flexibility index (Phi) is 6.68. The van der Waals surface area contributed by atoms with E-state index in [0.717, 1.165) is 66.3 Å². The lowest BCUT2D eigenvalue weighted by atomic mass is 9.85. The number of hydrogen-bond donors (Lipinski definition) is 0. The molecule has 226 valence electrons. The first-order valence-corrected chi connectivity index (χ1v) is 15.6. The number of pyridine rings is 2. The smallest absolute Gasteiger partial charge is 0.181 e. The van der Waals surface area contributed by atoms with Crippen molar-refractivity contribution in [3.05, 3.63) is 159 Å². The SMILES string of the molecule is c1ccc(-c2cccc(-c3ccc4c(-c5ccc(-c6cnco6)nc5)c5ccccc5c(-c5ccc(-c6cnco6)nc5)c4c3)c2)cc1. The zero-order chi connectivity index (χ0) is 31.9. The molecule has 48 heavy (non-hydrogen) atoms. The van der Waals surface area contributed by atoms with Gasteiger partial charge < -0.3 is 8.83 Å². The van der Waals surface area contributed by atoms with E-state index in [4.69, 9.17) is 18.8 Å². The van der Waals surface area contributed by atoms with Gasteiger partial charge in [0.2, 0.25) is 0 Å². The van der Waals surface area contributed by atoms with E-state index in [1.54, 1.807) is 12.4 Å². The van der Waals surface area contributed by atoms with Crippen molar-refractivity contribution in [2.75, 3.05) is 0 Å². The normalized spacial score (nSPS) is 11.3. The monoisotopic (exact) mass is 618 g/mol. The highest BCUT2D eigenvalue weighted by Gasteiger charge is 2.19. The first-order valence-electron chi connectivity index (χ1n) is 15.6. The molecule has 0 radical (unpaired) electrons. The van der Waals surface area contributed by atoms with Gasteiger partial charge in [0.25, 0.3) is 0 Å². The van der Waals surface area contributed by atoms with E-state index in [0.29, 0.717) is 11.5 Å². The van der Waals surface area contributed by atoms with Gasteiger partial charge in [-0.15, -0.1) is 0 Å². The van der Waals surface area contributed by atoms with Crippen LogP contribution in [0.25, 0.3) is 89.0 Å². The number of hydrogen-bond acceptors (Lipinski definition) is 6. The van der Waals surface area contributed by atoms with Crippen molar-refractivity contribution < 1.29 is 8.83 Å². The van der Waals surface area contributed by atoms with Crippen molar-refractivity contribution in [3.8, 4) is 67.4 Å². The van der Waals surface area contributed by atoms with Crippen molar-refractivity contribution in [2.24, 2.45) is 0 Å². The molecule has 0 fully saturated rings. The standard InChI is InChI=1S/C42H26N4O2/c1-2-7-27(8-3-1)28-9-6-10-29(19-28)30-13-16-35-36(20-30)42(32-15-18-38(46-22-32)40-24-44-26-48-40)34-12-5-4-11-33(34)41(35)31-14-17-37(45-21-31)39-23-43-25-47-39/h1-26H. The number of rotatable bonds is 6. The zero-order valence-electron chi connectivity index (χ0n) is 25.6. The van der Waals surface area contributed by atoms with Gasteiger partial charge in [0.05, 0.1) is 12.4 Å². The summed E-state index contributed by atoms with van der Waals surface area (Å²) in [5.41, 5.74) is 10.4. The summed E-state index contributed by atoms with van der Waals surface area (Å²) in [6.45, 7) is 0. The van der Waals surface area contributed by atoms with Gasteiger partial charge >= 0.3 is 0 Å². The van der Waals surface area contributed by atoms with E-state index in [9.17, 15) is 0 Å². The van der Waals surface area contributed by atoms with E-state index < -0.39 is 0 Å². The number of benzene rings is 5. The van der Waals surface area contributed by atoms with E-state index in [1.807, 2.05) is 30.6 Å². The average molecular weight is 619 g/mol. The predicted octanol–water partition coefficient (Wildman–Crippen LogP) is 10.8. The van der Waals surface area contributed by atoms with Crippen LogP contribution in [-0.2, 0) is 0 Å². The summed E-state index contributed by atoms with van der Waals surface area (Å²) in [5, 5.41) is 4.51. The average Bonchev–Trinajstić information content (AvgIpc) is 3.91. The second-order valence-electron chi connectivity index (χ2n) is 11.6. The number of nitrogens with zero attached hydrogens (tertiary/aromatic N) is 4. The van der Waals surface area contributed by atoms with E-state index in [-0.39, 0.29) is 0 Å². The van der Waals surface area contributed by atoms with Crippen LogP contribution in [0.3, 0.4) is 0 Å². The van der Waals surface area contributed by atoms with Gasteiger partial charge in [0.1, 0.15) is 11.4 Å². The minimum Gasteiger partial charge on any atom is -0.442 e. The maximum Gasteiger partial charge on any atom is 0.181 e. The fraction of sp³-hybridized carbons (Fsp3) is 0. The minimum absolute atomic E-state index is 0.633. The molecule has 0 unspecified atom stereocenters. The third kappa shape index (κ3) is 4.84. The Labute approximate surface area is 276 Å². The Morgan fingerprint density at radius 3 is 1.42 bits per heavy atom. The van der Waals surface area contributed by atoms with Crippen LogP contribution in [0.5, 0.6) is 0 Å². The third-order valence-electron chi connectivity index (χ3n) is 8.80. The molecule has 0 aliphatic heterocycles. The maximum atomic E-state index is 5.52. The minimum atomic E-state index is 0.633. The largest absolute Gasteiger partial charge is 0.442 e. The van der Waals surface area contributed by atoms with Gasteiger partial charge in [-0.2, -0.15) is 0 Å². The highest BCUT2D eigenvalue weighted by molar-refractivity contribution is 6.21. The third-order valence-corrected chi connectivity index (χ3v) is 8.80. The van der Waals surface area contributed by atoms with Crippen molar-refractivity contribution in [2.45, 2.75) is 0 Å². The van der Waals surface area contributed by atoms with Crippen molar-refractivity contribution in [3.63, 3.8) is 0 Å². The summed E-state index contributed by atoms with van der Waals surface area (Å²) in [7, 11) is 0. The summed E-state index contributed by atoms with van der Waals surface area (Å²) in [6.07, 6.45) is 10.0. The molecule has 5 aromatic carbocycles. The Hall–Kier alpha value is -6.66. The van der Waals surface area contributed by atoms with Gasteiger partial charge in [0.15, 0.2) is 24.3 Å². The second kappa shape index (κ2) is 11.6. The van der Waals surface area contributed by atoms with Crippen molar-refractivity contribution in [1.82, 2.24) is 19.9 Å². The molecule has 9 aromatic rings. The summed E-state index contributed by atoms with van der Waals surface area (Å²) in [5.74, 6) is 1.27. The molecular weight excluding hydrogens is 592 g/mol. The van der Waals surface area contributed by atoms with Crippen LogP contribution in [-0.4, -0.2) is 19.9 Å². The molecule has 4 heterocycles. The van der Waals surface area contributed by atoms with Gasteiger partial charge in [-0.25, -0.2) is 9.97 Å². The predicted molar refractivity (Wildman–Crippen MR) is 190 cm³/mol. The molecule has 0 amide bonds. The van der Waals surface area contributed by atoms with Gasteiger partial charge in [-0.1, -0.05) is 97.1 Å². The molecule has 0 saturated heterocycles. The van der Waals surface area contributed by atoms with E-state index in [1.165, 1.54) is 23.9 Å². The first-order chi connectivity index (χ1) is 23.8. The molecule has 0 aliphatic carbocycles. The van der Waals surface area contributed by atoms with Gasteiger partial charge in [-0.05, 0) is 79.2 Å². The Morgan fingerprint density at radius 2 is 0.854 bits per heavy atom. The molecule has 6 heteroatoms. The lowest BCUT2D eigenvalue weighted by Gasteiger charge is -2.19. The lowest BCUT2D eigenvalue weighted by molar-refractivity contribution is 0.569. The Morgan fingerprint density at radius 1 is 0.354 bits per heavy atom. The number of fused-ring (bicyclic) bond motifs is 2. The molecule has 0 spiro atoms. The van der Waals surface area contributed by atoms with Crippen LogP contribution < -0.4 is 0 Å². The van der Waals surface area contributed by atoms with Crippen LogP contribution in [0.2, 0.25) is 0 Å². The van der Waals surface area contributed by atoms with Gasteiger partial charge in [-0.3, -0.25) is 9.97 Å². The van der Waals surface area contributed by atoms with Crippen molar-refractivity contribution >= 4 is 21.5 Å². The van der Waals surface area contributed by atoms with Crippen LogP contribution in [0, 0.1) is 0 Å². The maximum absolute atomic E-state index is 5.52. The highest BCUT2D eigenvalue weighted by atomic mass is 16.3. The topological polar surface area (TPSA) is 77.8 Å². The summed E-state index contributed by atoms with van der Waals surface area (Å²) >= 11 is 0. The molecule has 9 rings (SSSR count). The first kappa shape index (κ1) is 27.6. The Balaban J connectivity index is 1.28. The number of aromatic nitrogens is 4. The van der Waals surface area contributed by atoms with Crippen LogP contribution in [0.4, 0.5) is 0 Å². The van der Waals surface area contributed by atoms with Crippen LogP contribution in [0.15, 0.2) is 168 Å². The van der Waals surface area contributed by atoms with E-state index >= 15 is 0 Å². The molecule has 0 saturated carbocycles. The number of oxazole rings is 2. The molecule has 0 aliphatic rings. The summed E-state index contributed by atoms with van der Waals surface area (Å²) < 4.78 is 11.0. The fourth-order valence-electron chi connectivity index (χ4n) is 6.55.